The minimum Gasteiger partial charge on any atom is -0.497 e. The first-order chi connectivity index (χ1) is 19.9. The number of fused-ring (bicyclic) bond motifs is 1. The molecule has 7 nitrogen and oxygen atoms in total. The van der Waals surface area contributed by atoms with Gasteiger partial charge in [-0.1, -0.05) is 53.3 Å². The molecule has 0 aliphatic carbocycles. The van der Waals surface area contributed by atoms with Crippen molar-refractivity contribution < 1.29 is 13.9 Å². The SMILES string of the molecule is COc1cccc([C@@H]2C(C(=O)Nc3ccccc3)=C(C)N=c3s/c(=C\c4ccc(-c5ccc(Cl)cc5)o4)c(=O)n32)c1. The van der Waals surface area contributed by atoms with Crippen molar-refractivity contribution in [2.75, 3.05) is 12.4 Å². The molecule has 0 unspecified atom stereocenters. The Labute approximate surface area is 244 Å². The summed E-state index contributed by atoms with van der Waals surface area (Å²) in [5.41, 5.74) is 2.88. The van der Waals surface area contributed by atoms with Crippen LogP contribution in [0.5, 0.6) is 5.75 Å². The fraction of sp³-hybridized carbons (Fsp3) is 0.0938. The summed E-state index contributed by atoms with van der Waals surface area (Å²) in [4.78, 5) is 32.8. The maximum atomic E-state index is 13.9. The number of para-hydroxylation sites is 1. The molecule has 1 aliphatic rings. The van der Waals surface area contributed by atoms with Crippen LogP contribution < -0.4 is 24.9 Å². The van der Waals surface area contributed by atoms with Crippen LogP contribution in [-0.4, -0.2) is 17.6 Å². The van der Waals surface area contributed by atoms with Crippen molar-refractivity contribution in [3.8, 4) is 17.1 Å². The Kier molecular flexibility index (Phi) is 7.17. The number of rotatable bonds is 6. The zero-order valence-corrected chi connectivity index (χ0v) is 23.7. The van der Waals surface area contributed by atoms with Gasteiger partial charge in [0, 0.05) is 22.3 Å². The van der Waals surface area contributed by atoms with Crippen molar-refractivity contribution >= 4 is 40.6 Å². The molecule has 2 aromatic heterocycles. The molecule has 1 amide bonds. The first-order valence-corrected chi connectivity index (χ1v) is 14.0. The normalized spacial score (nSPS) is 14.9. The predicted molar refractivity (Wildman–Crippen MR) is 161 cm³/mol. The quantitative estimate of drug-likeness (QED) is 0.275. The second-order valence-electron chi connectivity index (χ2n) is 9.39. The van der Waals surface area contributed by atoms with Crippen molar-refractivity contribution in [2.45, 2.75) is 13.0 Å². The molecule has 0 fully saturated rings. The highest BCUT2D eigenvalue weighted by Crippen LogP contribution is 2.32. The summed E-state index contributed by atoms with van der Waals surface area (Å²) in [6, 6.07) is 26.8. The van der Waals surface area contributed by atoms with E-state index in [-0.39, 0.29) is 11.5 Å². The third-order valence-corrected chi connectivity index (χ3v) is 7.97. The lowest BCUT2D eigenvalue weighted by molar-refractivity contribution is -0.113. The number of hydrogen-bond donors (Lipinski definition) is 1. The van der Waals surface area contributed by atoms with Gasteiger partial charge >= 0.3 is 0 Å². The standard InChI is InChI=1S/C32H24ClN3O4S/c1-19-28(30(37)35-23-8-4-3-5-9-23)29(21-7-6-10-24(17-21)39-2)36-31(38)27(41-32(36)34-19)18-25-15-16-26(40-25)20-11-13-22(33)14-12-20/h3-18,29H,1-2H3,(H,35,37)/b27-18-/t29-/m1/s1. The minimum atomic E-state index is -0.714. The molecule has 5 aromatic rings. The Morgan fingerprint density at radius 1 is 1.05 bits per heavy atom. The number of benzene rings is 3. The first kappa shape index (κ1) is 26.6. The second-order valence-corrected chi connectivity index (χ2v) is 10.8. The van der Waals surface area contributed by atoms with Gasteiger partial charge in [0.15, 0.2) is 4.80 Å². The third kappa shape index (κ3) is 5.27. The summed E-state index contributed by atoms with van der Waals surface area (Å²) in [7, 11) is 1.58. The molecule has 1 aliphatic heterocycles. The lowest BCUT2D eigenvalue weighted by Crippen LogP contribution is -2.40. The number of nitrogens with zero attached hydrogens (tertiary/aromatic N) is 2. The molecule has 0 bridgehead atoms. The van der Waals surface area contributed by atoms with E-state index in [0.717, 1.165) is 11.1 Å². The molecule has 9 heteroatoms. The van der Waals surface area contributed by atoms with E-state index < -0.39 is 6.04 Å². The Morgan fingerprint density at radius 3 is 2.59 bits per heavy atom. The molecule has 41 heavy (non-hydrogen) atoms. The number of carbonyl (C=O) groups excluding carboxylic acids is 1. The van der Waals surface area contributed by atoms with Crippen LogP contribution in [0.2, 0.25) is 5.02 Å². The van der Waals surface area contributed by atoms with E-state index in [1.165, 1.54) is 11.3 Å². The molecule has 0 saturated carbocycles. The van der Waals surface area contributed by atoms with Gasteiger partial charge in [-0.2, -0.15) is 0 Å². The number of allylic oxidation sites excluding steroid dienone is 1. The van der Waals surface area contributed by atoms with E-state index >= 15 is 0 Å². The third-order valence-electron chi connectivity index (χ3n) is 6.74. The van der Waals surface area contributed by atoms with Crippen LogP contribution in [0.25, 0.3) is 17.4 Å². The maximum absolute atomic E-state index is 13.9. The largest absolute Gasteiger partial charge is 0.497 e. The average Bonchev–Trinajstić information content (AvgIpc) is 3.57. The zero-order chi connectivity index (χ0) is 28.5. The van der Waals surface area contributed by atoms with Crippen molar-refractivity contribution in [3.63, 3.8) is 0 Å². The number of aromatic nitrogens is 1. The van der Waals surface area contributed by atoms with Gasteiger partial charge < -0.3 is 14.5 Å². The number of anilines is 1. The van der Waals surface area contributed by atoms with Crippen molar-refractivity contribution in [2.24, 2.45) is 4.99 Å². The highest BCUT2D eigenvalue weighted by molar-refractivity contribution is 7.07. The van der Waals surface area contributed by atoms with Crippen molar-refractivity contribution in [1.82, 2.24) is 4.57 Å². The van der Waals surface area contributed by atoms with Crippen molar-refractivity contribution in [1.29, 1.82) is 0 Å². The number of halogens is 1. The molecule has 6 rings (SSSR count). The number of ether oxygens (including phenoxy) is 1. The van der Waals surface area contributed by atoms with E-state index in [1.54, 1.807) is 36.8 Å². The van der Waals surface area contributed by atoms with Gasteiger partial charge in [0.1, 0.15) is 17.3 Å². The van der Waals surface area contributed by atoms with Crippen LogP contribution in [0.4, 0.5) is 5.69 Å². The smallest absolute Gasteiger partial charge is 0.271 e. The summed E-state index contributed by atoms with van der Waals surface area (Å²) in [6.07, 6.45) is 1.70. The number of amides is 1. The molecule has 204 valence electrons. The second kappa shape index (κ2) is 11.1. The Morgan fingerprint density at radius 2 is 1.83 bits per heavy atom. The molecule has 1 N–H and O–H groups in total. The lowest BCUT2D eigenvalue weighted by atomic mass is 9.95. The molecule has 0 radical (unpaired) electrons. The van der Waals surface area contributed by atoms with E-state index in [0.29, 0.717) is 48.6 Å². The lowest BCUT2D eigenvalue weighted by Gasteiger charge is -2.25. The summed E-state index contributed by atoms with van der Waals surface area (Å²) in [6.45, 7) is 1.79. The number of nitrogens with one attached hydrogen (secondary N) is 1. The molecule has 0 saturated heterocycles. The number of furan rings is 1. The highest BCUT2D eigenvalue weighted by Gasteiger charge is 2.32. The zero-order valence-electron chi connectivity index (χ0n) is 22.1. The highest BCUT2D eigenvalue weighted by atomic mass is 35.5. The summed E-state index contributed by atoms with van der Waals surface area (Å²) >= 11 is 7.26. The molecule has 0 spiro atoms. The van der Waals surface area contributed by atoms with Crippen LogP contribution >= 0.6 is 22.9 Å². The van der Waals surface area contributed by atoms with Crippen molar-refractivity contribution in [3.05, 3.63) is 138 Å². The maximum Gasteiger partial charge on any atom is 0.271 e. The minimum absolute atomic E-state index is 0.275. The number of carbonyl (C=O) groups is 1. The molecular formula is C32H24ClN3O4S. The van der Waals surface area contributed by atoms with Crippen LogP contribution in [0.1, 0.15) is 24.3 Å². The average molecular weight is 582 g/mol. The molecule has 1 atom stereocenters. The first-order valence-electron chi connectivity index (χ1n) is 12.8. The van der Waals surface area contributed by atoms with E-state index in [4.69, 9.17) is 25.7 Å². The van der Waals surface area contributed by atoms with Gasteiger partial charge in [0.25, 0.3) is 11.5 Å². The van der Waals surface area contributed by atoms with Crippen LogP contribution in [-0.2, 0) is 4.79 Å². The number of hydrogen-bond acceptors (Lipinski definition) is 6. The Balaban J connectivity index is 1.46. The molecule has 3 heterocycles. The van der Waals surface area contributed by atoms with E-state index in [1.807, 2.05) is 78.9 Å². The van der Waals surface area contributed by atoms with Crippen LogP contribution in [0.15, 0.2) is 116 Å². The summed E-state index contributed by atoms with van der Waals surface area (Å²) in [5.74, 6) is 1.46. The summed E-state index contributed by atoms with van der Waals surface area (Å²) in [5, 5.41) is 3.60. The predicted octanol–water partition coefficient (Wildman–Crippen LogP) is 5.80. The Bertz CT molecular complexity index is 1970. The van der Waals surface area contributed by atoms with Gasteiger partial charge in [-0.05, 0) is 73.2 Å². The Hall–Kier alpha value is -4.66. The fourth-order valence-electron chi connectivity index (χ4n) is 4.79. The van der Waals surface area contributed by atoms with Gasteiger partial charge in [-0.3, -0.25) is 14.2 Å². The molecular weight excluding hydrogens is 558 g/mol. The monoisotopic (exact) mass is 581 g/mol. The van der Waals surface area contributed by atoms with Gasteiger partial charge in [-0.25, -0.2) is 4.99 Å². The van der Waals surface area contributed by atoms with Gasteiger partial charge in [0.2, 0.25) is 0 Å². The van der Waals surface area contributed by atoms with Crippen LogP contribution in [0, 0.1) is 0 Å². The topological polar surface area (TPSA) is 85.8 Å². The van der Waals surface area contributed by atoms with Gasteiger partial charge in [0.05, 0.1) is 29.0 Å². The number of methoxy groups -OCH3 is 1. The summed E-state index contributed by atoms with van der Waals surface area (Å²) < 4.78 is 13.5. The number of thiazole rings is 1. The molecule has 3 aromatic carbocycles. The fourth-order valence-corrected chi connectivity index (χ4v) is 5.94. The van der Waals surface area contributed by atoms with Crippen LogP contribution in [0.3, 0.4) is 0 Å². The van der Waals surface area contributed by atoms with E-state index in [9.17, 15) is 9.59 Å². The van der Waals surface area contributed by atoms with Gasteiger partial charge in [-0.15, -0.1) is 0 Å². The van der Waals surface area contributed by atoms with E-state index in [2.05, 4.69) is 5.32 Å².